The summed E-state index contributed by atoms with van der Waals surface area (Å²) in [6.45, 7) is 4.29. The average molecular weight is 316 g/mol. The van der Waals surface area contributed by atoms with E-state index in [-0.39, 0.29) is 17.5 Å². The summed E-state index contributed by atoms with van der Waals surface area (Å²) >= 11 is 0. The van der Waals surface area contributed by atoms with Crippen LogP contribution in [0, 0.1) is 5.92 Å². The van der Waals surface area contributed by atoms with Crippen LogP contribution in [-0.4, -0.2) is 35.2 Å². The SMILES string of the molecule is COc1cc(OC)cc(S(=O)(=O)NC(CN)CC(C)C)c1. The molecule has 0 fully saturated rings. The van der Waals surface area contributed by atoms with Crippen molar-refractivity contribution in [3.05, 3.63) is 18.2 Å². The second-order valence-electron chi connectivity index (χ2n) is 5.23. The molecule has 1 atom stereocenters. The van der Waals surface area contributed by atoms with Gasteiger partial charge in [-0.15, -0.1) is 0 Å². The van der Waals surface area contributed by atoms with Gasteiger partial charge in [-0.2, -0.15) is 0 Å². The Hall–Kier alpha value is -1.31. The fraction of sp³-hybridized carbons (Fsp3) is 0.571. The Morgan fingerprint density at radius 2 is 1.67 bits per heavy atom. The topological polar surface area (TPSA) is 90.6 Å². The molecule has 0 spiro atoms. The molecular weight excluding hydrogens is 292 g/mol. The van der Waals surface area contributed by atoms with Crippen LogP contribution in [0.25, 0.3) is 0 Å². The Kier molecular flexibility index (Phi) is 6.44. The maximum Gasteiger partial charge on any atom is 0.241 e. The minimum absolute atomic E-state index is 0.0981. The largest absolute Gasteiger partial charge is 0.497 e. The van der Waals surface area contributed by atoms with E-state index in [0.717, 1.165) is 0 Å². The summed E-state index contributed by atoms with van der Waals surface area (Å²) < 4.78 is 37.7. The van der Waals surface area contributed by atoms with E-state index in [0.29, 0.717) is 23.8 Å². The summed E-state index contributed by atoms with van der Waals surface area (Å²) in [6.07, 6.45) is 0.677. The van der Waals surface area contributed by atoms with E-state index in [2.05, 4.69) is 4.72 Å². The molecule has 0 aliphatic rings. The van der Waals surface area contributed by atoms with Crippen molar-refractivity contribution in [1.29, 1.82) is 0 Å². The van der Waals surface area contributed by atoms with Gasteiger partial charge in [-0.1, -0.05) is 13.8 Å². The van der Waals surface area contributed by atoms with Crippen molar-refractivity contribution >= 4 is 10.0 Å². The minimum Gasteiger partial charge on any atom is -0.497 e. The monoisotopic (exact) mass is 316 g/mol. The molecule has 6 nitrogen and oxygen atoms in total. The first kappa shape index (κ1) is 17.7. The van der Waals surface area contributed by atoms with E-state index in [1.165, 1.54) is 26.4 Å². The Morgan fingerprint density at radius 3 is 2.05 bits per heavy atom. The summed E-state index contributed by atoms with van der Waals surface area (Å²) in [5.41, 5.74) is 5.64. The van der Waals surface area contributed by atoms with Gasteiger partial charge in [0.05, 0.1) is 19.1 Å². The Bertz CT molecular complexity index is 536. The van der Waals surface area contributed by atoms with Gasteiger partial charge < -0.3 is 15.2 Å². The number of rotatable bonds is 8. The van der Waals surface area contributed by atoms with Crippen molar-refractivity contribution in [1.82, 2.24) is 4.72 Å². The number of nitrogens with two attached hydrogens (primary N) is 1. The molecule has 7 heteroatoms. The lowest BCUT2D eigenvalue weighted by Gasteiger charge is -2.19. The zero-order valence-corrected chi connectivity index (χ0v) is 13.7. The van der Waals surface area contributed by atoms with Crippen LogP contribution in [0.15, 0.2) is 23.1 Å². The van der Waals surface area contributed by atoms with Crippen molar-refractivity contribution in [3.8, 4) is 11.5 Å². The quantitative estimate of drug-likeness (QED) is 0.755. The molecule has 0 heterocycles. The molecule has 1 aromatic carbocycles. The summed E-state index contributed by atoms with van der Waals surface area (Å²) in [5.74, 6) is 1.19. The molecule has 1 rings (SSSR count). The second kappa shape index (κ2) is 7.63. The summed E-state index contributed by atoms with van der Waals surface area (Å²) in [4.78, 5) is 0.0981. The molecular formula is C14H24N2O4S. The second-order valence-corrected chi connectivity index (χ2v) is 6.95. The van der Waals surface area contributed by atoms with Crippen LogP contribution in [0.4, 0.5) is 0 Å². The van der Waals surface area contributed by atoms with Crippen LogP contribution < -0.4 is 19.9 Å². The molecule has 3 N–H and O–H groups in total. The number of nitrogens with one attached hydrogen (secondary N) is 1. The third-order valence-corrected chi connectivity index (χ3v) is 4.50. The molecule has 1 unspecified atom stereocenters. The Labute approximate surface area is 126 Å². The first-order valence-electron chi connectivity index (χ1n) is 6.77. The number of hydrogen-bond donors (Lipinski definition) is 2. The van der Waals surface area contributed by atoms with E-state index < -0.39 is 10.0 Å². The minimum atomic E-state index is -3.67. The first-order valence-corrected chi connectivity index (χ1v) is 8.26. The molecule has 0 aliphatic carbocycles. The van der Waals surface area contributed by atoms with E-state index in [1.54, 1.807) is 6.07 Å². The van der Waals surface area contributed by atoms with Crippen molar-refractivity contribution in [2.45, 2.75) is 31.2 Å². The van der Waals surface area contributed by atoms with Gasteiger partial charge in [0.1, 0.15) is 11.5 Å². The van der Waals surface area contributed by atoms with Gasteiger partial charge >= 0.3 is 0 Å². The van der Waals surface area contributed by atoms with Crippen LogP contribution >= 0.6 is 0 Å². The molecule has 0 amide bonds. The Balaban J connectivity index is 3.06. The Morgan fingerprint density at radius 1 is 1.14 bits per heavy atom. The van der Waals surface area contributed by atoms with Crippen molar-refractivity contribution < 1.29 is 17.9 Å². The number of methoxy groups -OCH3 is 2. The van der Waals surface area contributed by atoms with Gasteiger partial charge in [0.25, 0.3) is 0 Å². The van der Waals surface area contributed by atoms with E-state index in [9.17, 15) is 8.42 Å². The highest BCUT2D eigenvalue weighted by molar-refractivity contribution is 7.89. The third-order valence-electron chi connectivity index (χ3n) is 3.00. The summed E-state index contributed by atoms with van der Waals surface area (Å²) in [7, 11) is -0.728. The van der Waals surface area contributed by atoms with Crippen molar-refractivity contribution in [3.63, 3.8) is 0 Å². The fourth-order valence-electron chi connectivity index (χ4n) is 1.99. The molecule has 120 valence electrons. The normalized spacial score (nSPS) is 13.2. The van der Waals surface area contributed by atoms with Crippen LogP contribution in [0.3, 0.4) is 0 Å². The molecule has 0 saturated carbocycles. The van der Waals surface area contributed by atoms with Crippen LogP contribution in [0.2, 0.25) is 0 Å². The first-order chi connectivity index (χ1) is 9.82. The van der Waals surface area contributed by atoms with Gasteiger partial charge in [0.15, 0.2) is 0 Å². The van der Waals surface area contributed by atoms with Gasteiger partial charge in [-0.25, -0.2) is 13.1 Å². The lowest BCUT2D eigenvalue weighted by molar-refractivity contribution is 0.391. The highest BCUT2D eigenvalue weighted by Crippen LogP contribution is 2.25. The molecule has 0 aromatic heterocycles. The highest BCUT2D eigenvalue weighted by Gasteiger charge is 2.21. The molecule has 0 radical (unpaired) electrons. The molecule has 1 aromatic rings. The van der Waals surface area contributed by atoms with Crippen LogP contribution in [-0.2, 0) is 10.0 Å². The van der Waals surface area contributed by atoms with Gasteiger partial charge in [0.2, 0.25) is 10.0 Å². The molecule has 0 saturated heterocycles. The van der Waals surface area contributed by atoms with E-state index >= 15 is 0 Å². The fourth-order valence-corrected chi connectivity index (χ4v) is 3.30. The smallest absolute Gasteiger partial charge is 0.241 e. The van der Waals surface area contributed by atoms with Gasteiger partial charge in [-0.3, -0.25) is 0 Å². The zero-order chi connectivity index (χ0) is 16.0. The highest BCUT2D eigenvalue weighted by atomic mass is 32.2. The number of benzene rings is 1. The molecule has 0 aliphatic heterocycles. The number of sulfonamides is 1. The van der Waals surface area contributed by atoms with Gasteiger partial charge in [-0.05, 0) is 12.3 Å². The third kappa shape index (κ3) is 5.18. The lowest BCUT2D eigenvalue weighted by atomic mass is 10.1. The van der Waals surface area contributed by atoms with E-state index in [4.69, 9.17) is 15.2 Å². The van der Waals surface area contributed by atoms with Crippen LogP contribution in [0.5, 0.6) is 11.5 Å². The van der Waals surface area contributed by atoms with Crippen LogP contribution in [0.1, 0.15) is 20.3 Å². The van der Waals surface area contributed by atoms with Crippen molar-refractivity contribution in [2.24, 2.45) is 11.7 Å². The lowest BCUT2D eigenvalue weighted by Crippen LogP contribution is -2.40. The average Bonchev–Trinajstić information content (AvgIpc) is 2.45. The predicted octanol–water partition coefficient (Wildman–Crippen LogP) is 1.36. The summed E-state index contributed by atoms with van der Waals surface area (Å²) in [5, 5.41) is 0. The van der Waals surface area contributed by atoms with E-state index in [1.807, 2.05) is 13.8 Å². The number of ether oxygens (including phenoxy) is 2. The van der Waals surface area contributed by atoms with Crippen molar-refractivity contribution in [2.75, 3.05) is 20.8 Å². The van der Waals surface area contributed by atoms with Gasteiger partial charge in [0, 0.05) is 30.8 Å². The molecule has 21 heavy (non-hydrogen) atoms. The summed E-state index contributed by atoms with van der Waals surface area (Å²) in [6, 6.07) is 4.22. The maximum atomic E-state index is 12.4. The standard InChI is InChI=1S/C14H24N2O4S/c1-10(2)5-11(9-15)16-21(17,18)14-7-12(19-3)6-13(8-14)20-4/h6-8,10-11,16H,5,9,15H2,1-4H3. The number of hydrogen-bond acceptors (Lipinski definition) is 5. The predicted molar refractivity (Wildman–Crippen MR) is 82.2 cm³/mol. The maximum absolute atomic E-state index is 12.4. The molecule has 0 bridgehead atoms. The zero-order valence-electron chi connectivity index (χ0n) is 12.9.